The molecule has 2 aliphatic heterocycles. The summed E-state index contributed by atoms with van der Waals surface area (Å²) in [4.78, 5) is 23.7. The monoisotopic (exact) mass is 432 g/mol. The van der Waals surface area contributed by atoms with Crippen LogP contribution in [0.5, 0.6) is 0 Å². The Hall–Kier alpha value is -2.90. The van der Waals surface area contributed by atoms with Crippen molar-refractivity contribution in [3.05, 3.63) is 94.6 Å². The molecule has 1 amide bonds. The summed E-state index contributed by atoms with van der Waals surface area (Å²) in [5, 5.41) is 4.46. The highest BCUT2D eigenvalue weighted by molar-refractivity contribution is 8.08. The second-order valence-electron chi connectivity index (χ2n) is 7.04. The highest BCUT2D eigenvalue weighted by Gasteiger charge is 2.41. The van der Waals surface area contributed by atoms with Gasteiger partial charge in [0.2, 0.25) is 0 Å². The molecule has 2 aliphatic rings. The lowest BCUT2D eigenvalue weighted by atomic mass is 10.2. The van der Waals surface area contributed by atoms with Gasteiger partial charge < -0.3 is 15.1 Å². The van der Waals surface area contributed by atoms with Gasteiger partial charge in [-0.2, -0.15) is 0 Å². The predicted molar refractivity (Wildman–Crippen MR) is 124 cm³/mol. The number of benzene rings is 2. The van der Waals surface area contributed by atoms with Crippen molar-refractivity contribution < 1.29 is 4.79 Å². The van der Waals surface area contributed by atoms with Crippen LogP contribution in [0.4, 0.5) is 11.4 Å². The summed E-state index contributed by atoms with van der Waals surface area (Å²) >= 11 is 3.23. The molecule has 1 aromatic heterocycles. The maximum absolute atomic E-state index is 13.5. The van der Waals surface area contributed by atoms with Crippen molar-refractivity contribution in [3.63, 3.8) is 0 Å². The predicted octanol–water partition coefficient (Wildman–Crippen LogP) is 4.96. The van der Waals surface area contributed by atoms with Crippen LogP contribution in [0.1, 0.15) is 5.56 Å². The van der Waals surface area contributed by atoms with Gasteiger partial charge in [-0.25, -0.2) is 0 Å². The second kappa shape index (κ2) is 8.08. The van der Waals surface area contributed by atoms with Gasteiger partial charge in [-0.1, -0.05) is 66.0 Å². The van der Waals surface area contributed by atoms with E-state index in [9.17, 15) is 4.79 Å². The molecule has 0 aliphatic carbocycles. The summed E-state index contributed by atoms with van der Waals surface area (Å²) in [6.07, 6.45) is 3.53. The topological polar surface area (TPSA) is 48.5 Å². The second-order valence-corrected chi connectivity index (χ2v) is 9.16. The molecule has 1 unspecified atom stereocenters. The minimum atomic E-state index is -0.206. The van der Waals surface area contributed by atoms with Crippen LogP contribution < -0.4 is 10.2 Å². The lowest BCUT2D eigenvalue weighted by molar-refractivity contribution is -0.126. The van der Waals surface area contributed by atoms with Gasteiger partial charge in [0, 0.05) is 24.7 Å². The number of pyridine rings is 1. The number of aromatic nitrogens is 1. The Labute approximate surface area is 184 Å². The fraction of sp³-hybridized carbons (Fsp3) is 0.130. The van der Waals surface area contributed by atoms with Gasteiger partial charge in [0.25, 0.3) is 5.91 Å². The first-order valence-corrected chi connectivity index (χ1v) is 11.3. The van der Waals surface area contributed by atoms with Crippen LogP contribution in [-0.4, -0.2) is 28.3 Å². The van der Waals surface area contributed by atoms with E-state index in [2.05, 4.69) is 39.5 Å². The third-order valence-electron chi connectivity index (χ3n) is 5.05. The number of amides is 1. The number of para-hydroxylation sites is 1. The largest absolute Gasteiger partial charge is 0.355 e. The summed E-state index contributed by atoms with van der Waals surface area (Å²) in [5.74, 6) is 0.0485. The van der Waals surface area contributed by atoms with Gasteiger partial charge in [0.1, 0.15) is 4.91 Å². The van der Waals surface area contributed by atoms with E-state index in [0.717, 1.165) is 26.9 Å². The Morgan fingerprint density at radius 1 is 1.03 bits per heavy atom. The molecule has 1 atom stereocenters. The summed E-state index contributed by atoms with van der Waals surface area (Å²) in [7, 11) is 2.03. The quantitative estimate of drug-likeness (QED) is 0.588. The summed E-state index contributed by atoms with van der Waals surface area (Å²) in [6, 6.07) is 22.2. The maximum Gasteiger partial charge on any atom is 0.265 e. The summed E-state index contributed by atoms with van der Waals surface area (Å²) < 4.78 is 0. The van der Waals surface area contributed by atoms with Crippen LogP contribution in [0.2, 0.25) is 0 Å². The first-order chi connectivity index (χ1) is 14.7. The highest BCUT2D eigenvalue weighted by Crippen LogP contribution is 2.50. The molecular formula is C23H20N4OS2. The van der Waals surface area contributed by atoms with Crippen LogP contribution in [0, 0.1) is 0 Å². The van der Waals surface area contributed by atoms with E-state index in [1.165, 1.54) is 4.90 Å². The van der Waals surface area contributed by atoms with E-state index < -0.39 is 0 Å². The van der Waals surface area contributed by atoms with E-state index >= 15 is 0 Å². The highest BCUT2D eigenvalue weighted by atomic mass is 32.2. The van der Waals surface area contributed by atoms with Crippen LogP contribution >= 0.6 is 23.5 Å². The lowest BCUT2D eigenvalue weighted by Gasteiger charge is -2.24. The van der Waals surface area contributed by atoms with E-state index in [1.54, 1.807) is 35.9 Å². The smallest absolute Gasteiger partial charge is 0.265 e. The fourth-order valence-electron chi connectivity index (χ4n) is 3.54. The number of nitrogens with zero attached hydrogens (tertiary/aromatic N) is 3. The van der Waals surface area contributed by atoms with Gasteiger partial charge in [-0.15, -0.1) is 0 Å². The Bertz CT molecular complexity index is 1100. The molecule has 1 saturated heterocycles. The van der Waals surface area contributed by atoms with E-state index in [-0.39, 0.29) is 11.4 Å². The van der Waals surface area contributed by atoms with Gasteiger partial charge in [0.05, 0.1) is 22.6 Å². The molecule has 3 aromatic rings. The third kappa shape index (κ3) is 3.55. The zero-order valence-corrected chi connectivity index (χ0v) is 18.0. The Morgan fingerprint density at radius 2 is 1.83 bits per heavy atom. The SMILES string of the molecule is CN1C(=C2SC(Nc3cccnc3)N(Cc3ccccc3)C2=O)Sc2ccccc21. The zero-order valence-electron chi connectivity index (χ0n) is 16.4. The van der Waals surface area contributed by atoms with Crippen molar-refractivity contribution >= 4 is 40.8 Å². The number of rotatable bonds is 4. The van der Waals surface area contributed by atoms with Crippen LogP contribution in [0.15, 0.2) is 94.0 Å². The molecule has 1 N–H and O–H groups in total. The average Bonchev–Trinajstić information content (AvgIpc) is 3.27. The number of hydrogen-bond donors (Lipinski definition) is 1. The minimum absolute atomic E-state index is 0.0485. The average molecular weight is 433 g/mol. The molecule has 150 valence electrons. The van der Waals surface area contributed by atoms with Crippen LogP contribution in [-0.2, 0) is 11.3 Å². The standard InChI is InChI=1S/C23H20N4OS2/c1-26-18-11-5-6-12-19(18)29-22(26)20-21(28)27(15-16-8-3-2-4-9-16)23(30-20)25-17-10-7-13-24-14-17/h2-14,23,25H,15H2,1H3. The number of fused-ring (bicyclic) bond motifs is 1. The van der Waals surface area contributed by atoms with Crippen molar-refractivity contribution in [1.82, 2.24) is 9.88 Å². The van der Waals surface area contributed by atoms with Crippen molar-refractivity contribution in [2.45, 2.75) is 16.9 Å². The number of anilines is 2. The Morgan fingerprint density at radius 3 is 2.60 bits per heavy atom. The summed E-state index contributed by atoms with van der Waals surface area (Å²) in [6.45, 7) is 0.544. The molecule has 2 aromatic carbocycles. The van der Waals surface area contributed by atoms with Crippen molar-refractivity contribution in [2.24, 2.45) is 0 Å². The molecule has 5 nitrogen and oxygen atoms in total. The van der Waals surface area contributed by atoms with Gasteiger partial charge in [0.15, 0.2) is 5.50 Å². The first kappa shape index (κ1) is 19.1. The van der Waals surface area contributed by atoms with Gasteiger partial charge >= 0.3 is 0 Å². The van der Waals surface area contributed by atoms with Crippen molar-refractivity contribution in [3.8, 4) is 0 Å². The minimum Gasteiger partial charge on any atom is -0.355 e. The molecule has 0 radical (unpaired) electrons. The molecule has 7 heteroatoms. The summed E-state index contributed by atoms with van der Waals surface area (Å²) in [5.41, 5.74) is 2.92. The molecule has 0 spiro atoms. The van der Waals surface area contributed by atoms with Crippen molar-refractivity contribution in [1.29, 1.82) is 0 Å². The van der Waals surface area contributed by atoms with Crippen LogP contribution in [0.25, 0.3) is 0 Å². The van der Waals surface area contributed by atoms with E-state index in [1.807, 2.05) is 54.4 Å². The molecule has 3 heterocycles. The molecule has 1 fully saturated rings. The molecular weight excluding hydrogens is 412 g/mol. The maximum atomic E-state index is 13.5. The number of thioether (sulfide) groups is 2. The van der Waals surface area contributed by atoms with Gasteiger partial charge in [-0.05, 0) is 29.8 Å². The number of hydrogen-bond acceptors (Lipinski definition) is 6. The first-order valence-electron chi connectivity index (χ1n) is 9.64. The number of nitrogens with one attached hydrogen (secondary N) is 1. The molecule has 5 rings (SSSR count). The van der Waals surface area contributed by atoms with E-state index in [0.29, 0.717) is 6.54 Å². The Balaban J connectivity index is 1.49. The van der Waals surface area contributed by atoms with Gasteiger partial charge in [-0.3, -0.25) is 9.78 Å². The Kier molecular flexibility index (Phi) is 5.14. The molecule has 30 heavy (non-hydrogen) atoms. The lowest BCUT2D eigenvalue weighted by Crippen LogP contribution is -2.36. The normalized spacial score (nSPS) is 20.6. The fourth-order valence-corrected chi connectivity index (χ4v) is 6.06. The van der Waals surface area contributed by atoms with E-state index in [4.69, 9.17) is 0 Å². The zero-order chi connectivity index (χ0) is 20.5. The number of carbonyl (C=O) groups is 1. The van der Waals surface area contributed by atoms with Crippen molar-refractivity contribution in [2.75, 3.05) is 17.3 Å². The third-order valence-corrected chi connectivity index (χ3v) is 7.61. The van der Waals surface area contributed by atoms with Crippen LogP contribution in [0.3, 0.4) is 0 Å². The molecule has 0 bridgehead atoms. The molecule has 0 saturated carbocycles. The number of carbonyl (C=O) groups excluding carboxylic acids is 1.